The Bertz CT molecular complexity index is 248. The van der Waals surface area contributed by atoms with Gasteiger partial charge in [0.2, 0.25) is 0 Å². The van der Waals surface area contributed by atoms with E-state index in [1.54, 1.807) is 0 Å². The molecule has 0 aromatic heterocycles. The van der Waals surface area contributed by atoms with Crippen LogP contribution in [-0.4, -0.2) is 63.1 Å². The minimum Gasteiger partial charge on any atom is -0.394 e. The largest absolute Gasteiger partial charge is 0.394 e. The highest BCUT2D eigenvalue weighted by Crippen LogP contribution is 2.37. The fourth-order valence-corrected chi connectivity index (χ4v) is 2.12. The Kier molecular flexibility index (Phi) is 9.44. The molecule has 1 fully saturated rings. The Morgan fingerprint density at radius 3 is 1.90 bits per heavy atom. The number of aliphatic hydroxyl groups excluding tert-OH is 1. The number of hydrogen-bond donors (Lipinski definition) is 1. The van der Waals surface area contributed by atoms with E-state index in [0.29, 0.717) is 39.1 Å². The Labute approximate surface area is 128 Å². The quantitative estimate of drug-likeness (QED) is 0.528. The second kappa shape index (κ2) is 10.5. The van der Waals surface area contributed by atoms with E-state index in [-0.39, 0.29) is 12.2 Å². The van der Waals surface area contributed by atoms with Crippen LogP contribution in [0.3, 0.4) is 0 Å². The molecule has 0 bridgehead atoms. The third kappa shape index (κ3) is 11.1. The van der Waals surface area contributed by atoms with E-state index in [1.165, 1.54) is 12.8 Å². The zero-order valence-corrected chi connectivity index (χ0v) is 13.8. The van der Waals surface area contributed by atoms with E-state index in [2.05, 4.69) is 20.8 Å². The van der Waals surface area contributed by atoms with Gasteiger partial charge in [-0.15, -0.1) is 0 Å². The molecule has 1 saturated carbocycles. The van der Waals surface area contributed by atoms with Crippen molar-refractivity contribution < 1.29 is 24.1 Å². The van der Waals surface area contributed by atoms with Crippen molar-refractivity contribution in [1.82, 2.24) is 0 Å². The number of rotatable bonds is 13. The van der Waals surface area contributed by atoms with Crippen LogP contribution >= 0.6 is 0 Å². The first-order valence-corrected chi connectivity index (χ1v) is 8.05. The Balaban J connectivity index is 1.92. The van der Waals surface area contributed by atoms with Crippen molar-refractivity contribution in [2.24, 2.45) is 5.92 Å². The minimum absolute atomic E-state index is 0.0574. The molecule has 1 rings (SSSR count). The molecule has 1 atom stereocenters. The highest BCUT2D eigenvalue weighted by molar-refractivity contribution is 4.83. The second-order valence-electron chi connectivity index (χ2n) is 6.46. The van der Waals surface area contributed by atoms with Gasteiger partial charge in [0.05, 0.1) is 51.3 Å². The van der Waals surface area contributed by atoms with E-state index in [0.717, 1.165) is 18.9 Å². The summed E-state index contributed by atoms with van der Waals surface area (Å²) in [7, 11) is 0. The summed E-state index contributed by atoms with van der Waals surface area (Å²) in [5.41, 5.74) is -0.0784. The molecule has 0 spiro atoms. The van der Waals surface area contributed by atoms with Crippen molar-refractivity contribution in [2.75, 3.05) is 46.2 Å². The maximum absolute atomic E-state index is 8.53. The summed E-state index contributed by atoms with van der Waals surface area (Å²) in [4.78, 5) is 0. The summed E-state index contributed by atoms with van der Waals surface area (Å²) in [5.74, 6) is 0.729. The zero-order chi connectivity index (χ0) is 15.6. The third-order valence-electron chi connectivity index (χ3n) is 3.18. The average molecular weight is 304 g/mol. The van der Waals surface area contributed by atoms with E-state index in [4.69, 9.17) is 24.1 Å². The van der Waals surface area contributed by atoms with Gasteiger partial charge >= 0.3 is 0 Å². The Morgan fingerprint density at radius 1 is 0.905 bits per heavy atom. The summed E-state index contributed by atoms with van der Waals surface area (Å²) in [6.07, 6.45) is 3.87. The van der Waals surface area contributed by atoms with Gasteiger partial charge in [-0.25, -0.2) is 0 Å². The second-order valence-corrected chi connectivity index (χ2v) is 6.46. The lowest BCUT2D eigenvalue weighted by Crippen LogP contribution is -2.30. The number of aliphatic hydroxyl groups is 1. The maximum Gasteiger partial charge on any atom is 0.0701 e. The molecule has 0 saturated heterocycles. The number of ether oxygens (including phenoxy) is 4. The van der Waals surface area contributed by atoms with E-state index < -0.39 is 0 Å². The lowest BCUT2D eigenvalue weighted by molar-refractivity contribution is -0.0824. The minimum atomic E-state index is -0.0784. The first kappa shape index (κ1) is 18.8. The lowest BCUT2D eigenvalue weighted by atomic mass is 10.1. The molecule has 1 aliphatic carbocycles. The Hall–Kier alpha value is -0.200. The lowest BCUT2D eigenvalue weighted by Gasteiger charge is -2.27. The average Bonchev–Trinajstić information content (AvgIpc) is 3.22. The molecule has 1 unspecified atom stereocenters. The van der Waals surface area contributed by atoms with E-state index in [9.17, 15) is 0 Å². The zero-order valence-electron chi connectivity index (χ0n) is 13.8. The molecule has 5 nitrogen and oxygen atoms in total. The van der Waals surface area contributed by atoms with Crippen molar-refractivity contribution in [3.05, 3.63) is 0 Å². The van der Waals surface area contributed by atoms with Crippen LogP contribution in [0.15, 0.2) is 0 Å². The molecule has 21 heavy (non-hydrogen) atoms. The molecule has 1 aliphatic rings. The molecule has 126 valence electrons. The topological polar surface area (TPSA) is 57.2 Å². The number of hydrogen-bond acceptors (Lipinski definition) is 5. The van der Waals surface area contributed by atoms with Gasteiger partial charge in [0.15, 0.2) is 0 Å². The van der Waals surface area contributed by atoms with Crippen molar-refractivity contribution in [3.8, 4) is 0 Å². The van der Waals surface area contributed by atoms with Crippen LogP contribution in [0.25, 0.3) is 0 Å². The Morgan fingerprint density at radius 2 is 1.43 bits per heavy atom. The van der Waals surface area contributed by atoms with Crippen LogP contribution in [0.2, 0.25) is 0 Å². The van der Waals surface area contributed by atoms with Crippen molar-refractivity contribution in [2.45, 2.75) is 51.7 Å². The van der Waals surface area contributed by atoms with Crippen LogP contribution in [-0.2, 0) is 18.9 Å². The summed E-state index contributed by atoms with van der Waals surface area (Å²) in [5, 5.41) is 8.53. The summed E-state index contributed by atoms with van der Waals surface area (Å²) in [6, 6.07) is 0. The van der Waals surface area contributed by atoms with Gasteiger partial charge in [0, 0.05) is 6.61 Å². The van der Waals surface area contributed by atoms with Crippen LogP contribution in [0.1, 0.15) is 40.0 Å². The van der Waals surface area contributed by atoms with Gasteiger partial charge in [0.25, 0.3) is 0 Å². The third-order valence-corrected chi connectivity index (χ3v) is 3.18. The molecule has 0 amide bonds. The highest BCUT2D eigenvalue weighted by Gasteiger charge is 2.34. The normalized spacial score (nSPS) is 17.1. The monoisotopic (exact) mass is 304 g/mol. The predicted octanol–water partition coefficient (Wildman–Crippen LogP) is 2.01. The molecule has 0 radical (unpaired) electrons. The van der Waals surface area contributed by atoms with Crippen molar-refractivity contribution in [3.63, 3.8) is 0 Å². The molecular weight excluding hydrogens is 272 g/mol. The van der Waals surface area contributed by atoms with Crippen LogP contribution in [0.5, 0.6) is 0 Å². The maximum atomic E-state index is 8.53. The first-order chi connectivity index (χ1) is 10.0. The molecule has 0 aromatic rings. The summed E-state index contributed by atoms with van der Waals surface area (Å²) >= 11 is 0. The standard InChI is InChI=1S/C16H32O5/c1-16(2,3)21-15(14-4-5-14)6-8-18-10-12-20-13-11-19-9-7-17/h14-15,17H,4-13H2,1-3H3. The molecule has 0 aliphatic heterocycles. The van der Waals surface area contributed by atoms with E-state index >= 15 is 0 Å². The highest BCUT2D eigenvalue weighted by atomic mass is 16.5. The van der Waals surface area contributed by atoms with Crippen molar-refractivity contribution >= 4 is 0 Å². The van der Waals surface area contributed by atoms with Crippen molar-refractivity contribution in [1.29, 1.82) is 0 Å². The summed E-state index contributed by atoms with van der Waals surface area (Å²) in [6.45, 7) is 9.72. The van der Waals surface area contributed by atoms with Gasteiger partial charge < -0.3 is 24.1 Å². The van der Waals surface area contributed by atoms with Crippen LogP contribution < -0.4 is 0 Å². The molecular formula is C16H32O5. The fraction of sp³-hybridized carbons (Fsp3) is 1.00. The van der Waals surface area contributed by atoms with E-state index in [1.807, 2.05) is 0 Å². The van der Waals surface area contributed by atoms with Gasteiger partial charge in [0.1, 0.15) is 0 Å². The predicted molar refractivity (Wildman–Crippen MR) is 81.5 cm³/mol. The van der Waals surface area contributed by atoms with Crippen LogP contribution in [0, 0.1) is 5.92 Å². The molecule has 0 heterocycles. The van der Waals surface area contributed by atoms with Gasteiger partial charge in [-0.3, -0.25) is 0 Å². The first-order valence-electron chi connectivity index (χ1n) is 8.05. The van der Waals surface area contributed by atoms with Gasteiger partial charge in [-0.05, 0) is 46.0 Å². The smallest absolute Gasteiger partial charge is 0.0701 e. The van der Waals surface area contributed by atoms with Gasteiger partial charge in [-0.2, -0.15) is 0 Å². The molecule has 1 N–H and O–H groups in total. The molecule has 0 aromatic carbocycles. The SMILES string of the molecule is CC(C)(C)OC(CCOCCOCCOCCO)C1CC1. The van der Waals surface area contributed by atoms with Gasteiger partial charge in [-0.1, -0.05) is 0 Å². The summed E-state index contributed by atoms with van der Waals surface area (Å²) < 4.78 is 22.1. The molecule has 5 heteroatoms. The fourth-order valence-electron chi connectivity index (χ4n) is 2.12. The van der Waals surface area contributed by atoms with Crippen LogP contribution in [0.4, 0.5) is 0 Å².